The van der Waals surface area contributed by atoms with E-state index in [1.54, 1.807) is 18.2 Å². The Kier molecular flexibility index (Phi) is 6.21. The Hall–Kier alpha value is -0.670. The molecule has 1 heterocycles. The molecule has 5 heteroatoms. The minimum Gasteiger partial charge on any atom is -0.461 e. The van der Waals surface area contributed by atoms with Gasteiger partial charge in [-0.05, 0) is 36.8 Å². The largest absolute Gasteiger partial charge is 0.461 e. The van der Waals surface area contributed by atoms with Gasteiger partial charge in [-0.3, -0.25) is 0 Å². The topological polar surface area (TPSA) is 39.2 Å². The van der Waals surface area contributed by atoms with Gasteiger partial charge in [0.2, 0.25) is 0 Å². The first kappa shape index (κ1) is 16.4. The third kappa shape index (κ3) is 4.15. The number of benzene rings is 1. The van der Waals surface area contributed by atoms with E-state index < -0.39 is 0 Å². The van der Waals surface area contributed by atoms with Crippen LogP contribution in [0.1, 0.15) is 19.1 Å². The minimum atomic E-state index is 0. The number of hydrogen-bond donors (Lipinski definition) is 1. The van der Waals surface area contributed by atoms with Crippen LogP contribution in [-0.4, -0.2) is 6.04 Å². The summed E-state index contributed by atoms with van der Waals surface area (Å²) in [4.78, 5) is 0. The number of furan rings is 1. The van der Waals surface area contributed by atoms with Gasteiger partial charge in [0, 0.05) is 23.0 Å². The fourth-order valence-electron chi connectivity index (χ4n) is 1.72. The van der Waals surface area contributed by atoms with Crippen molar-refractivity contribution in [3.63, 3.8) is 0 Å². The molecule has 1 aromatic carbocycles. The molecule has 0 amide bonds. The summed E-state index contributed by atoms with van der Waals surface area (Å²) < 4.78 is 5.75. The van der Waals surface area contributed by atoms with Crippen LogP contribution in [0, 0.1) is 0 Å². The molecule has 104 valence electrons. The Balaban J connectivity index is 0.00000180. The van der Waals surface area contributed by atoms with E-state index in [0.717, 1.165) is 29.9 Å². The van der Waals surface area contributed by atoms with Gasteiger partial charge in [0.1, 0.15) is 11.5 Å². The number of hydrogen-bond acceptors (Lipinski definition) is 2. The van der Waals surface area contributed by atoms with Crippen LogP contribution < -0.4 is 5.73 Å². The van der Waals surface area contributed by atoms with Gasteiger partial charge in [0.05, 0.1) is 5.02 Å². The Bertz CT molecular complexity index is 539. The van der Waals surface area contributed by atoms with Crippen LogP contribution in [0.25, 0.3) is 11.3 Å². The van der Waals surface area contributed by atoms with Gasteiger partial charge >= 0.3 is 0 Å². The summed E-state index contributed by atoms with van der Waals surface area (Å²) in [6.45, 7) is 2.06. The molecular weight excluding hydrogens is 305 g/mol. The maximum Gasteiger partial charge on any atom is 0.135 e. The lowest BCUT2D eigenvalue weighted by molar-refractivity contribution is 0.490. The van der Waals surface area contributed by atoms with Gasteiger partial charge in [-0.15, -0.1) is 12.4 Å². The van der Waals surface area contributed by atoms with Crippen molar-refractivity contribution in [1.82, 2.24) is 0 Å². The monoisotopic (exact) mass is 319 g/mol. The van der Waals surface area contributed by atoms with E-state index in [-0.39, 0.29) is 18.4 Å². The zero-order valence-electron chi connectivity index (χ0n) is 10.5. The second-order valence-electron chi connectivity index (χ2n) is 4.26. The molecule has 1 atom stereocenters. The molecule has 2 N–H and O–H groups in total. The SMILES string of the molecule is CCC(N)Cc1ccc(-c2cc(Cl)ccc2Cl)o1.Cl. The minimum absolute atomic E-state index is 0. The van der Waals surface area contributed by atoms with E-state index in [1.165, 1.54) is 0 Å². The predicted molar refractivity (Wildman–Crippen MR) is 83.4 cm³/mol. The van der Waals surface area contributed by atoms with Crippen LogP contribution >= 0.6 is 35.6 Å². The lowest BCUT2D eigenvalue weighted by Gasteiger charge is -2.05. The highest BCUT2D eigenvalue weighted by Gasteiger charge is 2.11. The highest BCUT2D eigenvalue weighted by atomic mass is 35.5. The predicted octanol–water partition coefficient (Wildman–Crippen LogP) is 4.96. The summed E-state index contributed by atoms with van der Waals surface area (Å²) in [5.74, 6) is 1.59. The first-order valence-corrected chi connectivity index (χ1v) is 6.65. The summed E-state index contributed by atoms with van der Waals surface area (Å²) in [6, 6.07) is 9.27. The lowest BCUT2D eigenvalue weighted by atomic mass is 10.1. The van der Waals surface area contributed by atoms with Crippen molar-refractivity contribution in [2.24, 2.45) is 5.73 Å². The molecule has 2 rings (SSSR count). The van der Waals surface area contributed by atoms with E-state index >= 15 is 0 Å². The van der Waals surface area contributed by atoms with Gasteiger partial charge in [-0.2, -0.15) is 0 Å². The number of nitrogens with two attached hydrogens (primary N) is 1. The van der Waals surface area contributed by atoms with Gasteiger partial charge in [-0.1, -0.05) is 30.1 Å². The molecule has 0 fully saturated rings. The first-order valence-electron chi connectivity index (χ1n) is 5.90. The van der Waals surface area contributed by atoms with Crippen molar-refractivity contribution in [3.05, 3.63) is 46.1 Å². The van der Waals surface area contributed by atoms with Crippen LogP contribution in [-0.2, 0) is 6.42 Å². The van der Waals surface area contributed by atoms with Crippen LogP contribution in [0.15, 0.2) is 34.7 Å². The number of halogens is 3. The fraction of sp³-hybridized carbons (Fsp3) is 0.286. The third-order valence-electron chi connectivity index (χ3n) is 2.84. The summed E-state index contributed by atoms with van der Waals surface area (Å²) in [7, 11) is 0. The molecule has 0 aliphatic rings. The molecule has 1 aromatic heterocycles. The van der Waals surface area contributed by atoms with Crippen LogP contribution in [0.2, 0.25) is 10.0 Å². The molecule has 0 saturated heterocycles. The molecule has 1 unspecified atom stereocenters. The molecule has 0 bridgehead atoms. The first-order chi connectivity index (χ1) is 8.60. The van der Waals surface area contributed by atoms with Gasteiger partial charge in [0.15, 0.2) is 0 Å². The van der Waals surface area contributed by atoms with Crippen LogP contribution in [0.3, 0.4) is 0 Å². The average molecular weight is 321 g/mol. The highest BCUT2D eigenvalue weighted by Crippen LogP contribution is 2.31. The summed E-state index contributed by atoms with van der Waals surface area (Å²) in [6.07, 6.45) is 1.66. The van der Waals surface area contributed by atoms with Gasteiger partial charge in [-0.25, -0.2) is 0 Å². The Labute approximate surface area is 129 Å². The van der Waals surface area contributed by atoms with Crippen molar-refractivity contribution >= 4 is 35.6 Å². The Morgan fingerprint density at radius 3 is 2.63 bits per heavy atom. The van der Waals surface area contributed by atoms with Crippen molar-refractivity contribution in [1.29, 1.82) is 0 Å². The standard InChI is InChI=1S/C14H15Cl2NO.ClH/c1-2-10(17)8-11-4-6-14(18-11)12-7-9(15)3-5-13(12)16;/h3-7,10H,2,8,17H2,1H3;1H. The highest BCUT2D eigenvalue weighted by molar-refractivity contribution is 6.35. The molecule has 0 radical (unpaired) electrons. The summed E-state index contributed by atoms with van der Waals surface area (Å²) in [5, 5.41) is 1.26. The molecule has 0 aliphatic carbocycles. The normalized spacial score (nSPS) is 12.0. The zero-order chi connectivity index (χ0) is 13.1. The van der Waals surface area contributed by atoms with Crippen LogP contribution in [0.4, 0.5) is 0 Å². The average Bonchev–Trinajstić information content (AvgIpc) is 2.80. The van der Waals surface area contributed by atoms with E-state index in [4.69, 9.17) is 33.4 Å². The Morgan fingerprint density at radius 2 is 1.95 bits per heavy atom. The van der Waals surface area contributed by atoms with Gasteiger partial charge in [0.25, 0.3) is 0 Å². The second-order valence-corrected chi connectivity index (χ2v) is 5.11. The van der Waals surface area contributed by atoms with Crippen molar-refractivity contribution < 1.29 is 4.42 Å². The third-order valence-corrected chi connectivity index (χ3v) is 3.41. The molecule has 0 aliphatic heterocycles. The van der Waals surface area contributed by atoms with E-state index in [1.807, 2.05) is 12.1 Å². The van der Waals surface area contributed by atoms with Crippen molar-refractivity contribution in [2.75, 3.05) is 0 Å². The maximum absolute atomic E-state index is 6.13. The zero-order valence-corrected chi connectivity index (χ0v) is 12.9. The maximum atomic E-state index is 6.13. The lowest BCUT2D eigenvalue weighted by Crippen LogP contribution is -2.20. The second kappa shape index (κ2) is 7.20. The van der Waals surface area contributed by atoms with E-state index in [0.29, 0.717) is 10.0 Å². The summed E-state index contributed by atoms with van der Waals surface area (Å²) >= 11 is 12.1. The molecule has 19 heavy (non-hydrogen) atoms. The van der Waals surface area contributed by atoms with Gasteiger partial charge < -0.3 is 10.2 Å². The van der Waals surface area contributed by atoms with E-state index in [2.05, 4.69) is 6.92 Å². The van der Waals surface area contributed by atoms with Crippen LogP contribution in [0.5, 0.6) is 0 Å². The molecule has 2 aromatic rings. The van der Waals surface area contributed by atoms with Crippen molar-refractivity contribution in [2.45, 2.75) is 25.8 Å². The van der Waals surface area contributed by atoms with Crippen molar-refractivity contribution in [3.8, 4) is 11.3 Å². The molecule has 0 saturated carbocycles. The quantitative estimate of drug-likeness (QED) is 0.865. The molecule has 0 spiro atoms. The fourth-order valence-corrected chi connectivity index (χ4v) is 2.10. The Morgan fingerprint density at radius 1 is 1.21 bits per heavy atom. The molecular formula is C14H16Cl3NO. The number of rotatable bonds is 4. The molecule has 2 nitrogen and oxygen atoms in total. The van der Waals surface area contributed by atoms with E-state index in [9.17, 15) is 0 Å². The summed E-state index contributed by atoms with van der Waals surface area (Å²) in [5.41, 5.74) is 6.71. The smallest absolute Gasteiger partial charge is 0.135 e.